The molecule has 0 saturated carbocycles. The summed E-state index contributed by atoms with van der Waals surface area (Å²) in [7, 11) is 0. The van der Waals surface area contributed by atoms with Crippen LogP contribution in [0.4, 0.5) is 11.6 Å². The zero-order valence-electron chi connectivity index (χ0n) is 12.3. The van der Waals surface area contributed by atoms with Crippen molar-refractivity contribution in [1.29, 1.82) is 0 Å². The van der Waals surface area contributed by atoms with Crippen molar-refractivity contribution in [2.75, 3.05) is 5.32 Å². The van der Waals surface area contributed by atoms with E-state index >= 15 is 0 Å². The molecule has 0 spiro atoms. The van der Waals surface area contributed by atoms with E-state index in [1.54, 1.807) is 0 Å². The van der Waals surface area contributed by atoms with E-state index in [2.05, 4.69) is 54.0 Å². The third kappa shape index (κ3) is 3.60. The first-order chi connectivity index (χ1) is 9.00. The standard InChI is InChI=1S/C16H23N3/c1-5-16(3,4)12-19-11-13(2)17-15(19)18-14-9-7-6-8-10-14/h6-11H,5,12H2,1-4H3,(H,17,18). The summed E-state index contributed by atoms with van der Waals surface area (Å²) in [5.74, 6) is 0.922. The van der Waals surface area contributed by atoms with E-state index in [4.69, 9.17) is 0 Å². The van der Waals surface area contributed by atoms with Crippen LogP contribution in [-0.2, 0) is 6.54 Å². The molecule has 1 heterocycles. The molecule has 19 heavy (non-hydrogen) atoms. The van der Waals surface area contributed by atoms with E-state index in [-0.39, 0.29) is 5.41 Å². The van der Waals surface area contributed by atoms with Gasteiger partial charge < -0.3 is 9.88 Å². The van der Waals surface area contributed by atoms with Crippen molar-refractivity contribution in [3.05, 3.63) is 42.2 Å². The highest BCUT2D eigenvalue weighted by atomic mass is 15.2. The van der Waals surface area contributed by atoms with Crippen molar-refractivity contribution in [2.45, 2.75) is 40.7 Å². The Morgan fingerprint density at radius 3 is 2.53 bits per heavy atom. The van der Waals surface area contributed by atoms with Crippen molar-refractivity contribution < 1.29 is 0 Å². The smallest absolute Gasteiger partial charge is 0.207 e. The van der Waals surface area contributed by atoms with Crippen molar-refractivity contribution in [3.63, 3.8) is 0 Å². The average Bonchev–Trinajstić information content (AvgIpc) is 2.70. The van der Waals surface area contributed by atoms with Gasteiger partial charge in [-0.25, -0.2) is 4.98 Å². The molecule has 1 aromatic carbocycles. The maximum Gasteiger partial charge on any atom is 0.207 e. The molecule has 0 amide bonds. The molecule has 0 bridgehead atoms. The molecular formula is C16H23N3. The number of benzene rings is 1. The molecule has 0 fully saturated rings. The predicted molar refractivity (Wildman–Crippen MR) is 80.8 cm³/mol. The lowest BCUT2D eigenvalue weighted by Gasteiger charge is -2.24. The topological polar surface area (TPSA) is 29.9 Å². The lowest BCUT2D eigenvalue weighted by atomic mass is 9.90. The fraction of sp³-hybridized carbons (Fsp3) is 0.438. The molecule has 3 nitrogen and oxygen atoms in total. The van der Waals surface area contributed by atoms with Crippen molar-refractivity contribution >= 4 is 11.6 Å². The van der Waals surface area contributed by atoms with Crippen LogP contribution in [0.5, 0.6) is 0 Å². The fourth-order valence-electron chi connectivity index (χ4n) is 1.99. The van der Waals surface area contributed by atoms with Gasteiger partial charge in [-0.1, -0.05) is 39.0 Å². The quantitative estimate of drug-likeness (QED) is 0.862. The number of nitrogens with zero attached hydrogens (tertiary/aromatic N) is 2. The van der Waals surface area contributed by atoms with Crippen molar-refractivity contribution in [2.24, 2.45) is 5.41 Å². The van der Waals surface area contributed by atoms with Gasteiger partial charge in [-0.3, -0.25) is 0 Å². The Bertz CT molecular complexity index is 526. The van der Waals surface area contributed by atoms with E-state index in [1.165, 1.54) is 0 Å². The van der Waals surface area contributed by atoms with Crippen molar-refractivity contribution in [3.8, 4) is 0 Å². The normalized spacial score (nSPS) is 11.6. The Kier molecular flexibility index (Phi) is 3.93. The second-order valence-corrected chi connectivity index (χ2v) is 5.84. The fourth-order valence-corrected chi connectivity index (χ4v) is 1.99. The number of imidazole rings is 1. The van der Waals surface area contributed by atoms with Gasteiger partial charge in [-0.15, -0.1) is 0 Å². The minimum Gasteiger partial charge on any atom is -0.326 e. The molecule has 1 N–H and O–H groups in total. The molecule has 0 atom stereocenters. The van der Waals surface area contributed by atoms with Gasteiger partial charge in [0.05, 0.1) is 5.69 Å². The Balaban J connectivity index is 2.21. The van der Waals surface area contributed by atoms with Crippen LogP contribution < -0.4 is 5.32 Å². The molecule has 0 radical (unpaired) electrons. The molecule has 0 unspecified atom stereocenters. The largest absolute Gasteiger partial charge is 0.326 e. The number of para-hydroxylation sites is 1. The molecule has 102 valence electrons. The van der Waals surface area contributed by atoms with Gasteiger partial charge in [0.15, 0.2) is 0 Å². The lowest BCUT2D eigenvalue weighted by Crippen LogP contribution is -2.19. The molecule has 0 saturated heterocycles. The maximum atomic E-state index is 4.58. The maximum absolute atomic E-state index is 4.58. The number of hydrogen-bond donors (Lipinski definition) is 1. The Morgan fingerprint density at radius 2 is 1.89 bits per heavy atom. The molecule has 0 aliphatic rings. The summed E-state index contributed by atoms with van der Waals surface area (Å²) < 4.78 is 2.21. The molecular weight excluding hydrogens is 234 g/mol. The van der Waals surface area contributed by atoms with Crippen LogP contribution in [0.3, 0.4) is 0 Å². The summed E-state index contributed by atoms with van der Waals surface area (Å²) >= 11 is 0. The first kappa shape index (κ1) is 13.7. The van der Waals surface area contributed by atoms with Gasteiger partial charge >= 0.3 is 0 Å². The monoisotopic (exact) mass is 257 g/mol. The zero-order chi connectivity index (χ0) is 13.9. The van der Waals surface area contributed by atoms with E-state index in [0.717, 1.165) is 30.3 Å². The lowest BCUT2D eigenvalue weighted by molar-refractivity contribution is 0.296. The van der Waals surface area contributed by atoms with E-state index in [9.17, 15) is 0 Å². The van der Waals surface area contributed by atoms with E-state index in [1.807, 2.05) is 25.1 Å². The highest BCUT2D eigenvalue weighted by molar-refractivity contribution is 5.53. The summed E-state index contributed by atoms with van der Waals surface area (Å²) in [5, 5.41) is 3.39. The van der Waals surface area contributed by atoms with Gasteiger partial charge in [0.25, 0.3) is 0 Å². The second-order valence-electron chi connectivity index (χ2n) is 5.84. The van der Waals surface area contributed by atoms with Crippen LogP contribution in [0.1, 0.15) is 32.9 Å². The molecule has 3 heteroatoms. The summed E-state index contributed by atoms with van der Waals surface area (Å²) in [6, 6.07) is 10.2. The van der Waals surface area contributed by atoms with E-state index < -0.39 is 0 Å². The SMILES string of the molecule is CCC(C)(C)Cn1cc(C)nc1Nc1ccccc1. The molecule has 0 aliphatic carbocycles. The number of aryl methyl sites for hydroxylation is 1. The Hall–Kier alpha value is -1.77. The third-order valence-corrected chi connectivity index (χ3v) is 3.48. The van der Waals surface area contributed by atoms with Crippen LogP contribution >= 0.6 is 0 Å². The number of rotatable bonds is 5. The van der Waals surface area contributed by atoms with Crippen LogP contribution in [0.2, 0.25) is 0 Å². The minimum atomic E-state index is 0.278. The van der Waals surface area contributed by atoms with Crippen molar-refractivity contribution in [1.82, 2.24) is 9.55 Å². The number of aromatic nitrogens is 2. The first-order valence-corrected chi connectivity index (χ1v) is 6.86. The molecule has 1 aromatic heterocycles. The van der Waals surface area contributed by atoms with Gasteiger partial charge in [0.1, 0.15) is 0 Å². The predicted octanol–water partition coefficient (Wildman–Crippen LogP) is 4.37. The van der Waals surface area contributed by atoms with Crippen LogP contribution in [0.15, 0.2) is 36.5 Å². The van der Waals surface area contributed by atoms with Gasteiger partial charge in [-0.2, -0.15) is 0 Å². The Labute approximate surface area is 115 Å². The highest BCUT2D eigenvalue weighted by Crippen LogP contribution is 2.25. The van der Waals surface area contributed by atoms with Crippen LogP contribution in [-0.4, -0.2) is 9.55 Å². The van der Waals surface area contributed by atoms with Gasteiger partial charge in [-0.05, 0) is 30.9 Å². The minimum absolute atomic E-state index is 0.278. The summed E-state index contributed by atoms with van der Waals surface area (Å²) in [6.45, 7) is 9.81. The first-order valence-electron chi connectivity index (χ1n) is 6.86. The average molecular weight is 257 g/mol. The second kappa shape index (κ2) is 5.47. The molecule has 2 rings (SSSR count). The zero-order valence-corrected chi connectivity index (χ0v) is 12.3. The summed E-state index contributed by atoms with van der Waals surface area (Å²) in [4.78, 5) is 4.58. The highest BCUT2D eigenvalue weighted by Gasteiger charge is 2.18. The molecule has 2 aromatic rings. The summed E-state index contributed by atoms with van der Waals surface area (Å²) in [6.07, 6.45) is 3.26. The van der Waals surface area contributed by atoms with Gasteiger partial charge in [0.2, 0.25) is 5.95 Å². The third-order valence-electron chi connectivity index (χ3n) is 3.48. The molecule has 0 aliphatic heterocycles. The number of anilines is 2. The van der Waals surface area contributed by atoms with Gasteiger partial charge in [0, 0.05) is 18.4 Å². The van der Waals surface area contributed by atoms with E-state index in [0.29, 0.717) is 0 Å². The Morgan fingerprint density at radius 1 is 1.21 bits per heavy atom. The van der Waals surface area contributed by atoms with Crippen LogP contribution in [0, 0.1) is 12.3 Å². The number of hydrogen-bond acceptors (Lipinski definition) is 2. The van der Waals surface area contributed by atoms with Crippen LogP contribution in [0.25, 0.3) is 0 Å². The number of nitrogens with one attached hydrogen (secondary N) is 1. The summed E-state index contributed by atoms with van der Waals surface area (Å²) in [5.41, 5.74) is 2.40.